The van der Waals surface area contributed by atoms with Gasteiger partial charge >= 0.3 is 0 Å². The van der Waals surface area contributed by atoms with Crippen LogP contribution in [0, 0.1) is 0 Å². The van der Waals surface area contributed by atoms with E-state index in [-0.39, 0.29) is 4.82 Å². The van der Waals surface area contributed by atoms with Gasteiger partial charge in [-0.1, -0.05) is 37.6 Å². The number of rotatable bonds is 4. The molecule has 1 aromatic carbocycles. The van der Waals surface area contributed by atoms with E-state index < -0.39 is 0 Å². The van der Waals surface area contributed by atoms with E-state index in [0.29, 0.717) is 6.54 Å². The van der Waals surface area contributed by atoms with Gasteiger partial charge in [-0.3, -0.25) is 4.79 Å². The van der Waals surface area contributed by atoms with Gasteiger partial charge in [0.15, 0.2) is 0 Å². The van der Waals surface area contributed by atoms with Crippen LogP contribution in [0.25, 0.3) is 0 Å². The van der Waals surface area contributed by atoms with Crippen molar-refractivity contribution in [2.24, 2.45) is 0 Å². The number of carbonyl (C=O) groups excluding carboxylic acids is 1. The van der Waals surface area contributed by atoms with E-state index in [1.54, 1.807) is 0 Å². The molecule has 0 spiro atoms. The smallest absolute Gasteiger partial charge is 0.287 e. The lowest BCUT2D eigenvalue weighted by Crippen LogP contribution is -2.14. The molecule has 1 N–H and O–H groups in total. The summed E-state index contributed by atoms with van der Waals surface area (Å²) in [5, 5.41) is 2.69. The quantitative estimate of drug-likeness (QED) is 0.650. The Hall–Kier alpha value is -0.830. The van der Waals surface area contributed by atoms with Gasteiger partial charge in [-0.25, -0.2) is 0 Å². The fourth-order valence-corrected chi connectivity index (χ4v) is 1.42. The first-order chi connectivity index (χ1) is 6.72. The summed E-state index contributed by atoms with van der Waals surface area (Å²) in [7, 11) is 0. The van der Waals surface area contributed by atoms with Gasteiger partial charge in [0.1, 0.15) is 0 Å². The Morgan fingerprint density at radius 1 is 1.29 bits per heavy atom. The maximum absolute atomic E-state index is 10.6. The number of carbonyl (C=O) groups is 1. The molecule has 1 amide bonds. The lowest BCUT2D eigenvalue weighted by molar-refractivity contribution is 0.261. The van der Waals surface area contributed by atoms with Gasteiger partial charge in [0.2, 0.25) is 0 Å². The van der Waals surface area contributed by atoms with Gasteiger partial charge in [-0.2, -0.15) is 0 Å². The minimum absolute atomic E-state index is 0.171. The van der Waals surface area contributed by atoms with Gasteiger partial charge < -0.3 is 5.32 Å². The minimum Gasteiger partial charge on any atom is -0.343 e. The molecule has 0 radical (unpaired) electrons. The molecule has 3 heteroatoms. The van der Waals surface area contributed by atoms with Crippen molar-refractivity contribution in [1.82, 2.24) is 5.32 Å². The second-order valence-corrected chi connectivity index (χ2v) is 3.91. The Labute approximate surface area is 92.8 Å². The van der Waals surface area contributed by atoms with E-state index in [1.165, 1.54) is 5.56 Å². The zero-order chi connectivity index (χ0) is 10.4. The van der Waals surface area contributed by atoms with Crippen molar-refractivity contribution in [1.29, 1.82) is 0 Å². The molecule has 0 aliphatic rings. The fourth-order valence-electron chi connectivity index (χ4n) is 1.28. The van der Waals surface area contributed by atoms with Crippen LogP contribution in [0.3, 0.4) is 0 Å². The monoisotopic (exact) mass is 255 g/mol. The maximum Gasteiger partial charge on any atom is 0.287 e. The van der Waals surface area contributed by atoms with Crippen LogP contribution in [0.5, 0.6) is 0 Å². The third-order valence-corrected chi connectivity index (χ3v) is 2.27. The number of aryl methyl sites for hydroxylation is 1. The van der Waals surface area contributed by atoms with Crippen molar-refractivity contribution in [3.63, 3.8) is 0 Å². The highest BCUT2D eigenvalue weighted by Gasteiger charge is 1.96. The minimum atomic E-state index is -0.171. The van der Waals surface area contributed by atoms with Crippen LogP contribution < -0.4 is 5.32 Å². The lowest BCUT2D eigenvalue weighted by atomic mass is 10.1. The summed E-state index contributed by atoms with van der Waals surface area (Å²) in [4.78, 5) is 10.4. The average molecular weight is 256 g/mol. The maximum atomic E-state index is 10.6. The number of amides is 1. The zero-order valence-electron chi connectivity index (χ0n) is 8.22. The summed E-state index contributed by atoms with van der Waals surface area (Å²) < 4.78 is 0. The third-order valence-electron chi connectivity index (χ3n) is 1.99. The standard InChI is InChI=1S/C11H14BrNO/c1-2-3-9-4-6-10(7-5-9)8-13-11(12)14/h4-7H,2-3,8H2,1H3,(H,13,14). The van der Waals surface area contributed by atoms with E-state index >= 15 is 0 Å². The number of hydrogen-bond donors (Lipinski definition) is 1. The van der Waals surface area contributed by atoms with E-state index in [4.69, 9.17) is 0 Å². The topological polar surface area (TPSA) is 29.1 Å². The van der Waals surface area contributed by atoms with Crippen LogP contribution in [0.4, 0.5) is 4.79 Å². The highest BCUT2D eigenvalue weighted by Crippen LogP contribution is 2.06. The molecule has 0 aliphatic carbocycles. The molecule has 0 aliphatic heterocycles. The van der Waals surface area contributed by atoms with Crippen LogP contribution in [0.15, 0.2) is 24.3 Å². The molecule has 0 heterocycles. The van der Waals surface area contributed by atoms with Crippen LogP contribution in [-0.4, -0.2) is 4.82 Å². The van der Waals surface area contributed by atoms with Crippen LogP contribution >= 0.6 is 15.9 Å². The summed E-state index contributed by atoms with van der Waals surface area (Å²) >= 11 is 2.82. The fraction of sp³-hybridized carbons (Fsp3) is 0.364. The second-order valence-electron chi connectivity index (χ2n) is 3.19. The van der Waals surface area contributed by atoms with Gasteiger partial charge in [-0.15, -0.1) is 0 Å². The predicted molar refractivity (Wildman–Crippen MR) is 61.6 cm³/mol. The molecule has 0 saturated carbocycles. The Morgan fingerprint density at radius 3 is 2.36 bits per heavy atom. The van der Waals surface area contributed by atoms with E-state index in [2.05, 4.69) is 40.3 Å². The molecule has 0 atom stereocenters. The van der Waals surface area contributed by atoms with Crippen molar-refractivity contribution in [2.45, 2.75) is 26.3 Å². The second kappa shape index (κ2) is 5.81. The van der Waals surface area contributed by atoms with Crippen LogP contribution in [0.2, 0.25) is 0 Å². The van der Waals surface area contributed by atoms with Gasteiger partial charge in [0.25, 0.3) is 4.82 Å². The molecule has 2 nitrogen and oxygen atoms in total. The molecule has 76 valence electrons. The summed E-state index contributed by atoms with van der Waals surface area (Å²) in [6, 6.07) is 8.32. The normalized spacial score (nSPS) is 9.86. The Kier molecular flexibility index (Phi) is 4.66. The first-order valence-electron chi connectivity index (χ1n) is 4.73. The highest BCUT2D eigenvalue weighted by atomic mass is 79.9. The van der Waals surface area contributed by atoms with E-state index in [9.17, 15) is 4.79 Å². The molecule has 0 saturated heterocycles. The molecule has 0 aromatic heterocycles. The lowest BCUT2D eigenvalue weighted by Gasteiger charge is -2.03. The molecule has 14 heavy (non-hydrogen) atoms. The molecule has 0 bridgehead atoms. The third kappa shape index (κ3) is 3.92. The van der Waals surface area contributed by atoms with E-state index in [1.807, 2.05) is 12.1 Å². The zero-order valence-corrected chi connectivity index (χ0v) is 9.80. The summed E-state index contributed by atoms with van der Waals surface area (Å²) in [5.74, 6) is 0. The van der Waals surface area contributed by atoms with Crippen molar-refractivity contribution in [3.8, 4) is 0 Å². The Morgan fingerprint density at radius 2 is 1.86 bits per heavy atom. The van der Waals surface area contributed by atoms with Crippen molar-refractivity contribution >= 4 is 20.7 Å². The SMILES string of the molecule is CCCc1ccc(CNC(=O)Br)cc1. The predicted octanol–water partition coefficient (Wildman–Crippen LogP) is 3.24. The number of nitrogens with one attached hydrogen (secondary N) is 1. The van der Waals surface area contributed by atoms with E-state index in [0.717, 1.165) is 18.4 Å². The number of benzene rings is 1. The average Bonchev–Trinajstić information content (AvgIpc) is 2.17. The van der Waals surface area contributed by atoms with Gasteiger partial charge in [0.05, 0.1) is 0 Å². The van der Waals surface area contributed by atoms with Gasteiger partial charge in [0, 0.05) is 22.5 Å². The first-order valence-corrected chi connectivity index (χ1v) is 5.53. The number of hydrogen-bond acceptors (Lipinski definition) is 1. The first kappa shape index (κ1) is 11.2. The van der Waals surface area contributed by atoms with Crippen molar-refractivity contribution in [3.05, 3.63) is 35.4 Å². The molecular weight excluding hydrogens is 242 g/mol. The molecule has 0 unspecified atom stereocenters. The molecular formula is C11H14BrNO. The highest BCUT2D eigenvalue weighted by molar-refractivity contribution is 9.18. The van der Waals surface area contributed by atoms with Gasteiger partial charge in [-0.05, 0) is 17.5 Å². The summed E-state index contributed by atoms with van der Waals surface area (Å²) in [6.07, 6.45) is 2.28. The Bertz CT molecular complexity index is 295. The summed E-state index contributed by atoms with van der Waals surface area (Å²) in [5.41, 5.74) is 2.47. The molecule has 1 rings (SSSR count). The summed E-state index contributed by atoms with van der Waals surface area (Å²) in [6.45, 7) is 2.75. The molecule has 0 fully saturated rings. The molecule has 1 aromatic rings. The Balaban J connectivity index is 2.50. The van der Waals surface area contributed by atoms with Crippen molar-refractivity contribution < 1.29 is 4.79 Å². The number of halogens is 1. The van der Waals surface area contributed by atoms with Crippen LogP contribution in [-0.2, 0) is 13.0 Å². The van der Waals surface area contributed by atoms with Crippen LogP contribution in [0.1, 0.15) is 24.5 Å². The van der Waals surface area contributed by atoms with Crippen molar-refractivity contribution in [2.75, 3.05) is 0 Å². The largest absolute Gasteiger partial charge is 0.343 e.